The Morgan fingerprint density at radius 3 is 2.34 bits per heavy atom. The number of methoxy groups -OCH3 is 2. The van der Waals surface area contributed by atoms with Gasteiger partial charge >= 0.3 is 0 Å². The predicted octanol–water partition coefficient (Wildman–Crippen LogP) is 2.82. The highest BCUT2D eigenvalue weighted by Gasteiger charge is 2.23. The minimum atomic E-state index is -3.65. The minimum absolute atomic E-state index is 0.304. The molecule has 7 nitrogen and oxygen atoms in total. The van der Waals surface area contributed by atoms with E-state index >= 15 is 0 Å². The molecule has 1 amide bonds. The van der Waals surface area contributed by atoms with Crippen LogP contribution in [0.3, 0.4) is 0 Å². The van der Waals surface area contributed by atoms with Crippen molar-refractivity contribution in [2.45, 2.75) is 6.42 Å². The van der Waals surface area contributed by atoms with Crippen LogP contribution in [0, 0.1) is 0 Å². The van der Waals surface area contributed by atoms with Gasteiger partial charge in [-0.25, -0.2) is 8.42 Å². The summed E-state index contributed by atoms with van der Waals surface area (Å²) in [6, 6.07) is 12.0. The monoisotopic (exact) mass is 440 g/mol. The molecule has 0 saturated carbocycles. The fraction of sp³-hybridized carbons (Fsp3) is 0.350. The van der Waals surface area contributed by atoms with Gasteiger partial charge in [0.1, 0.15) is 6.54 Å². The first kappa shape index (κ1) is 22.8. The molecule has 158 valence electrons. The molecule has 0 heterocycles. The summed E-state index contributed by atoms with van der Waals surface area (Å²) < 4.78 is 36.0. The fourth-order valence-electron chi connectivity index (χ4n) is 2.73. The zero-order valence-electron chi connectivity index (χ0n) is 16.9. The minimum Gasteiger partial charge on any atom is -0.493 e. The summed E-state index contributed by atoms with van der Waals surface area (Å²) in [4.78, 5) is 14.1. The molecular formula is C20H25ClN2O5S. The van der Waals surface area contributed by atoms with Gasteiger partial charge in [-0.2, -0.15) is 0 Å². The molecule has 0 aliphatic carbocycles. The molecule has 0 spiro atoms. The van der Waals surface area contributed by atoms with Crippen LogP contribution in [0.1, 0.15) is 5.56 Å². The number of nitrogens with zero attached hydrogens (tertiary/aromatic N) is 2. The van der Waals surface area contributed by atoms with E-state index in [0.29, 0.717) is 35.2 Å². The van der Waals surface area contributed by atoms with Gasteiger partial charge in [0.15, 0.2) is 11.5 Å². The standard InChI is InChI=1S/C20H25ClN2O5S/c1-22(11-10-15-8-9-18(27-2)19(12-15)28-3)20(24)14-23(29(4,25)26)17-7-5-6-16(21)13-17/h5-9,12-13H,10-11,14H2,1-4H3. The topological polar surface area (TPSA) is 76.2 Å². The maximum absolute atomic E-state index is 12.6. The molecule has 0 fully saturated rings. The Labute approximate surface area is 176 Å². The highest BCUT2D eigenvalue weighted by atomic mass is 35.5. The molecule has 0 aromatic heterocycles. The number of rotatable bonds is 9. The molecule has 9 heteroatoms. The van der Waals surface area contributed by atoms with E-state index in [4.69, 9.17) is 21.1 Å². The summed E-state index contributed by atoms with van der Waals surface area (Å²) in [6.45, 7) is 0.114. The lowest BCUT2D eigenvalue weighted by Crippen LogP contribution is -2.41. The zero-order valence-corrected chi connectivity index (χ0v) is 18.5. The third kappa shape index (κ3) is 6.27. The number of ether oxygens (including phenoxy) is 2. The molecule has 0 radical (unpaired) electrons. The summed E-state index contributed by atoms with van der Waals surface area (Å²) in [5, 5.41) is 0.394. The number of amides is 1. The number of anilines is 1. The zero-order chi connectivity index (χ0) is 21.6. The maximum atomic E-state index is 12.6. The van der Waals surface area contributed by atoms with E-state index in [1.165, 1.54) is 11.0 Å². The number of halogens is 1. The summed E-state index contributed by atoms with van der Waals surface area (Å²) in [6.07, 6.45) is 1.64. The number of likely N-dealkylation sites (N-methyl/N-ethyl adjacent to an activating group) is 1. The Morgan fingerprint density at radius 1 is 1.07 bits per heavy atom. The van der Waals surface area contributed by atoms with E-state index in [1.807, 2.05) is 12.1 Å². The lowest BCUT2D eigenvalue weighted by atomic mass is 10.1. The van der Waals surface area contributed by atoms with Gasteiger partial charge in [-0.15, -0.1) is 0 Å². The Hall–Kier alpha value is -2.45. The first-order valence-corrected chi connectivity index (χ1v) is 11.1. The van der Waals surface area contributed by atoms with Crippen LogP contribution in [0.2, 0.25) is 5.02 Å². The van der Waals surface area contributed by atoms with Crippen molar-refractivity contribution in [3.8, 4) is 11.5 Å². The van der Waals surface area contributed by atoms with Gasteiger partial charge in [-0.05, 0) is 42.3 Å². The maximum Gasteiger partial charge on any atom is 0.243 e. The van der Waals surface area contributed by atoms with Gasteiger partial charge in [-0.1, -0.05) is 23.7 Å². The second-order valence-electron chi connectivity index (χ2n) is 6.50. The van der Waals surface area contributed by atoms with Crippen LogP contribution in [-0.2, 0) is 21.2 Å². The molecule has 29 heavy (non-hydrogen) atoms. The molecule has 0 aliphatic heterocycles. The molecule has 2 aromatic carbocycles. The van der Waals surface area contributed by atoms with Crippen LogP contribution in [0.25, 0.3) is 0 Å². The average Bonchev–Trinajstić information content (AvgIpc) is 2.68. The van der Waals surface area contributed by atoms with Crippen molar-refractivity contribution in [1.29, 1.82) is 0 Å². The first-order chi connectivity index (χ1) is 13.7. The molecule has 2 rings (SSSR count). The Kier molecular flexibility index (Phi) is 7.75. The number of hydrogen-bond acceptors (Lipinski definition) is 5. The second kappa shape index (κ2) is 9.84. The quantitative estimate of drug-likeness (QED) is 0.599. The van der Waals surface area contributed by atoms with Crippen LogP contribution in [0.5, 0.6) is 11.5 Å². The van der Waals surface area contributed by atoms with E-state index in [9.17, 15) is 13.2 Å². The molecule has 0 N–H and O–H groups in total. The molecular weight excluding hydrogens is 416 g/mol. The van der Waals surface area contributed by atoms with Crippen molar-refractivity contribution in [2.75, 3.05) is 44.9 Å². The Bertz CT molecular complexity index is 965. The number of hydrogen-bond donors (Lipinski definition) is 0. The normalized spacial score (nSPS) is 11.1. The van der Waals surface area contributed by atoms with Crippen molar-refractivity contribution >= 4 is 33.2 Å². The van der Waals surface area contributed by atoms with Crippen LogP contribution in [0.15, 0.2) is 42.5 Å². The smallest absolute Gasteiger partial charge is 0.243 e. The van der Waals surface area contributed by atoms with E-state index in [1.54, 1.807) is 45.5 Å². The van der Waals surface area contributed by atoms with Crippen LogP contribution in [-0.4, -0.2) is 59.8 Å². The SMILES string of the molecule is COc1ccc(CCN(C)C(=O)CN(c2cccc(Cl)c2)S(C)(=O)=O)cc1OC. The highest BCUT2D eigenvalue weighted by molar-refractivity contribution is 7.92. The number of carbonyl (C=O) groups is 1. The van der Waals surface area contributed by atoms with Crippen molar-refractivity contribution in [3.63, 3.8) is 0 Å². The number of carbonyl (C=O) groups excluding carboxylic acids is 1. The molecule has 0 saturated heterocycles. The van der Waals surface area contributed by atoms with Gasteiger partial charge in [0, 0.05) is 18.6 Å². The van der Waals surface area contributed by atoms with Gasteiger partial charge in [0.2, 0.25) is 15.9 Å². The van der Waals surface area contributed by atoms with Crippen molar-refractivity contribution in [1.82, 2.24) is 4.90 Å². The Balaban J connectivity index is 2.07. The molecule has 0 unspecified atom stereocenters. The summed E-state index contributed by atoms with van der Waals surface area (Å²) in [5.41, 5.74) is 1.32. The van der Waals surface area contributed by atoms with Crippen LogP contribution >= 0.6 is 11.6 Å². The average molecular weight is 441 g/mol. The number of benzene rings is 2. The van der Waals surface area contributed by atoms with Crippen LogP contribution < -0.4 is 13.8 Å². The second-order valence-corrected chi connectivity index (χ2v) is 8.85. The van der Waals surface area contributed by atoms with Gasteiger partial charge in [0.05, 0.1) is 26.2 Å². The van der Waals surface area contributed by atoms with Gasteiger partial charge < -0.3 is 14.4 Å². The van der Waals surface area contributed by atoms with E-state index in [-0.39, 0.29) is 12.5 Å². The largest absolute Gasteiger partial charge is 0.493 e. The fourth-order valence-corrected chi connectivity index (χ4v) is 3.76. The molecule has 2 aromatic rings. The van der Waals surface area contributed by atoms with Crippen molar-refractivity contribution in [2.24, 2.45) is 0 Å². The lowest BCUT2D eigenvalue weighted by Gasteiger charge is -2.25. The van der Waals surface area contributed by atoms with Crippen molar-refractivity contribution < 1.29 is 22.7 Å². The first-order valence-electron chi connectivity index (χ1n) is 8.84. The van der Waals surface area contributed by atoms with E-state index in [0.717, 1.165) is 16.1 Å². The van der Waals surface area contributed by atoms with E-state index in [2.05, 4.69) is 0 Å². The van der Waals surface area contributed by atoms with E-state index < -0.39 is 10.0 Å². The number of sulfonamides is 1. The Morgan fingerprint density at radius 2 is 1.76 bits per heavy atom. The molecule has 0 aliphatic rings. The van der Waals surface area contributed by atoms with Gasteiger partial charge in [-0.3, -0.25) is 9.10 Å². The summed E-state index contributed by atoms with van der Waals surface area (Å²) in [7, 11) is 1.12. The van der Waals surface area contributed by atoms with Gasteiger partial charge in [0.25, 0.3) is 0 Å². The highest BCUT2D eigenvalue weighted by Crippen LogP contribution is 2.27. The predicted molar refractivity (Wildman–Crippen MR) is 115 cm³/mol. The summed E-state index contributed by atoms with van der Waals surface area (Å²) in [5.74, 6) is 0.921. The molecule has 0 bridgehead atoms. The summed E-state index contributed by atoms with van der Waals surface area (Å²) >= 11 is 5.97. The third-order valence-corrected chi connectivity index (χ3v) is 5.76. The van der Waals surface area contributed by atoms with Crippen molar-refractivity contribution in [3.05, 3.63) is 53.1 Å². The van der Waals surface area contributed by atoms with Crippen LogP contribution in [0.4, 0.5) is 5.69 Å². The third-order valence-electron chi connectivity index (χ3n) is 4.38. The lowest BCUT2D eigenvalue weighted by molar-refractivity contribution is -0.128. The molecule has 0 atom stereocenters.